The SMILES string of the molecule is Cc1ccc(-c2cc(C(=O)O)cc(-c3ccc(C)cn3)n2)nc1. The molecule has 0 bridgehead atoms. The van der Waals surface area contributed by atoms with Crippen molar-refractivity contribution in [2.75, 3.05) is 0 Å². The van der Waals surface area contributed by atoms with Crippen LogP contribution in [0.15, 0.2) is 48.8 Å². The molecule has 3 heterocycles. The molecule has 1 N–H and O–H groups in total. The van der Waals surface area contributed by atoms with Crippen LogP contribution in [0.25, 0.3) is 22.8 Å². The van der Waals surface area contributed by atoms with Crippen LogP contribution in [0, 0.1) is 13.8 Å². The second-order valence-electron chi connectivity index (χ2n) is 5.37. The van der Waals surface area contributed by atoms with E-state index in [-0.39, 0.29) is 5.56 Å². The largest absolute Gasteiger partial charge is 0.478 e. The van der Waals surface area contributed by atoms with Gasteiger partial charge >= 0.3 is 5.97 Å². The average molecular weight is 305 g/mol. The molecule has 0 radical (unpaired) electrons. The van der Waals surface area contributed by atoms with E-state index in [9.17, 15) is 9.90 Å². The molecule has 3 aromatic heterocycles. The highest BCUT2D eigenvalue weighted by Crippen LogP contribution is 2.23. The van der Waals surface area contributed by atoms with Crippen molar-refractivity contribution in [3.05, 3.63) is 65.5 Å². The third-order valence-electron chi connectivity index (χ3n) is 3.42. The predicted molar refractivity (Wildman–Crippen MR) is 87.1 cm³/mol. The summed E-state index contributed by atoms with van der Waals surface area (Å²) in [6.45, 7) is 3.89. The number of aromatic nitrogens is 3. The fraction of sp³-hybridized carbons (Fsp3) is 0.111. The maximum atomic E-state index is 11.4. The summed E-state index contributed by atoms with van der Waals surface area (Å²) >= 11 is 0. The van der Waals surface area contributed by atoms with Crippen molar-refractivity contribution in [1.29, 1.82) is 0 Å². The van der Waals surface area contributed by atoms with Crippen LogP contribution in [-0.2, 0) is 0 Å². The molecule has 0 amide bonds. The molecule has 0 spiro atoms. The zero-order chi connectivity index (χ0) is 16.4. The fourth-order valence-electron chi connectivity index (χ4n) is 2.16. The van der Waals surface area contributed by atoms with Crippen molar-refractivity contribution in [3.8, 4) is 22.8 Å². The summed E-state index contributed by atoms with van der Waals surface area (Å²) in [7, 11) is 0. The van der Waals surface area contributed by atoms with Crippen molar-refractivity contribution in [2.24, 2.45) is 0 Å². The minimum Gasteiger partial charge on any atom is -0.478 e. The standard InChI is InChI=1S/C18H15N3O2/c1-11-3-5-14(19-9-11)16-7-13(18(22)23)8-17(21-16)15-6-4-12(2)10-20-15/h3-10H,1-2H3,(H,22,23). The lowest BCUT2D eigenvalue weighted by atomic mass is 10.1. The van der Waals surface area contributed by atoms with E-state index in [2.05, 4.69) is 15.0 Å². The summed E-state index contributed by atoms with van der Waals surface area (Å²) in [5.74, 6) is -1.01. The Balaban J connectivity index is 2.15. The van der Waals surface area contributed by atoms with Gasteiger partial charge in [0.2, 0.25) is 0 Å². The number of rotatable bonds is 3. The van der Waals surface area contributed by atoms with E-state index < -0.39 is 5.97 Å². The average Bonchev–Trinajstić information content (AvgIpc) is 2.55. The number of carboxylic acid groups (broad SMARTS) is 1. The maximum Gasteiger partial charge on any atom is 0.335 e. The van der Waals surface area contributed by atoms with Crippen molar-refractivity contribution >= 4 is 5.97 Å². The van der Waals surface area contributed by atoms with Crippen LogP contribution >= 0.6 is 0 Å². The lowest BCUT2D eigenvalue weighted by Gasteiger charge is -2.07. The quantitative estimate of drug-likeness (QED) is 0.801. The summed E-state index contributed by atoms with van der Waals surface area (Å²) < 4.78 is 0. The molecular formula is C18H15N3O2. The van der Waals surface area contributed by atoms with E-state index in [4.69, 9.17) is 0 Å². The zero-order valence-corrected chi connectivity index (χ0v) is 12.8. The summed E-state index contributed by atoms with van der Waals surface area (Å²) in [4.78, 5) is 24.6. The first-order valence-electron chi connectivity index (χ1n) is 7.14. The minimum absolute atomic E-state index is 0.162. The Labute approximate surface area is 133 Å². The van der Waals surface area contributed by atoms with Crippen molar-refractivity contribution in [3.63, 3.8) is 0 Å². The van der Waals surface area contributed by atoms with E-state index in [1.54, 1.807) is 12.4 Å². The highest BCUT2D eigenvalue weighted by atomic mass is 16.4. The third kappa shape index (κ3) is 3.23. The van der Waals surface area contributed by atoms with Gasteiger partial charge in [0, 0.05) is 12.4 Å². The van der Waals surface area contributed by atoms with Gasteiger partial charge in [-0.05, 0) is 49.2 Å². The number of carbonyl (C=O) groups is 1. The molecule has 0 saturated carbocycles. The van der Waals surface area contributed by atoms with Gasteiger partial charge in [0.05, 0.1) is 28.3 Å². The van der Waals surface area contributed by atoms with Crippen LogP contribution in [0.1, 0.15) is 21.5 Å². The van der Waals surface area contributed by atoms with Gasteiger partial charge in [0.1, 0.15) is 0 Å². The van der Waals surface area contributed by atoms with Crippen LogP contribution in [-0.4, -0.2) is 26.0 Å². The van der Waals surface area contributed by atoms with Crippen LogP contribution < -0.4 is 0 Å². The summed E-state index contributed by atoms with van der Waals surface area (Å²) in [5.41, 5.74) is 4.52. The Morgan fingerprint density at radius 1 is 0.826 bits per heavy atom. The number of pyridine rings is 3. The minimum atomic E-state index is -1.01. The Morgan fingerprint density at radius 3 is 1.65 bits per heavy atom. The molecule has 5 nitrogen and oxygen atoms in total. The lowest BCUT2D eigenvalue weighted by Crippen LogP contribution is -2.01. The Kier molecular flexibility index (Phi) is 3.85. The molecule has 3 aromatic rings. The zero-order valence-electron chi connectivity index (χ0n) is 12.8. The number of aryl methyl sites for hydroxylation is 2. The second kappa shape index (κ2) is 5.96. The number of carboxylic acids is 1. The number of hydrogen-bond donors (Lipinski definition) is 1. The molecule has 114 valence electrons. The molecule has 3 rings (SSSR count). The van der Waals surface area contributed by atoms with E-state index in [1.807, 2.05) is 38.1 Å². The highest BCUT2D eigenvalue weighted by Gasteiger charge is 2.12. The van der Waals surface area contributed by atoms with Gasteiger partial charge in [0.15, 0.2) is 0 Å². The summed E-state index contributed by atoms with van der Waals surface area (Å²) in [6.07, 6.45) is 3.46. The molecule has 0 aliphatic rings. The molecule has 0 aliphatic heterocycles. The summed E-state index contributed by atoms with van der Waals surface area (Å²) in [6, 6.07) is 10.5. The van der Waals surface area contributed by atoms with E-state index >= 15 is 0 Å². The van der Waals surface area contributed by atoms with Gasteiger partial charge in [-0.25, -0.2) is 9.78 Å². The molecule has 5 heteroatoms. The summed E-state index contributed by atoms with van der Waals surface area (Å²) in [5, 5.41) is 9.35. The van der Waals surface area contributed by atoms with Crippen LogP contribution in [0.5, 0.6) is 0 Å². The first-order chi connectivity index (χ1) is 11.0. The Bertz CT molecular complexity index is 793. The smallest absolute Gasteiger partial charge is 0.335 e. The molecule has 0 unspecified atom stereocenters. The van der Waals surface area contributed by atoms with Crippen molar-refractivity contribution in [2.45, 2.75) is 13.8 Å². The number of hydrogen-bond acceptors (Lipinski definition) is 4. The third-order valence-corrected chi connectivity index (χ3v) is 3.42. The molecule has 0 atom stereocenters. The molecule has 0 aromatic carbocycles. The van der Waals surface area contributed by atoms with Gasteiger partial charge in [-0.2, -0.15) is 0 Å². The first kappa shape index (κ1) is 14.8. The monoisotopic (exact) mass is 305 g/mol. The number of nitrogens with zero attached hydrogens (tertiary/aromatic N) is 3. The van der Waals surface area contributed by atoms with Crippen LogP contribution in [0.2, 0.25) is 0 Å². The topological polar surface area (TPSA) is 76.0 Å². The van der Waals surface area contributed by atoms with Gasteiger partial charge in [-0.15, -0.1) is 0 Å². The van der Waals surface area contributed by atoms with E-state index in [0.717, 1.165) is 11.1 Å². The predicted octanol–water partition coefficient (Wildman–Crippen LogP) is 3.52. The molecule has 23 heavy (non-hydrogen) atoms. The molecular weight excluding hydrogens is 290 g/mol. The second-order valence-corrected chi connectivity index (χ2v) is 5.37. The number of aromatic carboxylic acids is 1. The normalized spacial score (nSPS) is 10.5. The highest BCUT2D eigenvalue weighted by molar-refractivity contribution is 5.90. The van der Waals surface area contributed by atoms with Gasteiger partial charge in [-0.3, -0.25) is 9.97 Å². The first-order valence-corrected chi connectivity index (χ1v) is 7.14. The molecule has 0 fully saturated rings. The fourth-order valence-corrected chi connectivity index (χ4v) is 2.16. The van der Waals surface area contributed by atoms with Gasteiger partial charge < -0.3 is 5.11 Å². The lowest BCUT2D eigenvalue weighted by molar-refractivity contribution is 0.0697. The van der Waals surface area contributed by atoms with E-state index in [1.165, 1.54) is 12.1 Å². The Morgan fingerprint density at radius 2 is 1.30 bits per heavy atom. The van der Waals surface area contributed by atoms with Crippen LogP contribution in [0.3, 0.4) is 0 Å². The van der Waals surface area contributed by atoms with Crippen LogP contribution in [0.4, 0.5) is 0 Å². The molecule has 0 saturated heterocycles. The van der Waals surface area contributed by atoms with Gasteiger partial charge in [0.25, 0.3) is 0 Å². The van der Waals surface area contributed by atoms with Crippen molar-refractivity contribution in [1.82, 2.24) is 15.0 Å². The van der Waals surface area contributed by atoms with Gasteiger partial charge in [-0.1, -0.05) is 12.1 Å². The molecule has 0 aliphatic carbocycles. The Hall–Kier alpha value is -3.08. The maximum absolute atomic E-state index is 11.4. The van der Waals surface area contributed by atoms with E-state index in [0.29, 0.717) is 22.8 Å². The van der Waals surface area contributed by atoms with Crippen molar-refractivity contribution < 1.29 is 9.90 Å².